The summed E-state index contributed by atoms with van der Waals surface area (Å²) < 4.78 is 2.39. The molecule has 2 fully saturated rings. The molecular formula is C17H24N4S. The lowest BCUT2D eigenvalue weighted by Crippen LogP contribution is -2.28. The minimum Gasteiger partial charge on any atom is -0.312 e. The van der Waals surface area contributed by atoms with E-state index in [0.717, 1.165) is 36.6 Å². The van der Waals surface area contributed by atoms with Gasteiger partial charge in [0.15, 0.2) is 5.65 Å². The number of imidazole rings is 1. The molecule has 2 unspecified atom stereocenters. The molecule has 0 bridgehead atoms. The van der Waals surface area contributed by atoms with Gasteiger partial charge < -0.3 is 9.88 Å². The number of pyridine rings is 1. The van der Waals surface area contributed by atoms with E-state index in [9.17, 15) is 0 Å². The average Bonchev–Trinajstić information content (AvgIpc) is 3.18. The van der Waals surface area contributed by atoms with Gasteiger partial charge in [-0.15, -0.1) is 0 Å². The Morgan fingerprint density at radius 1 is 1.32 bits per heavy atom. The van der Waals surface area contributed by atoms with Crippen LogP contribution in [-0.2, 0) is 13.0 Å². The van der Waals surface area contributed by atoms with E-state index >= 15 is 0 Å². The lowest BCUT2D eigenvalue weighted by atomic mass is 10.0. The largest absolute Gasteiger partial charge is 0.312 e. The highest BCUT2D eigenvalue weighted by molar-refractivity contribution is 7.99. The van der Waals surface area contributed by atoms with Crippen molar-refractivity contribution in [2.24, 2.45) is 5.92 Å². The zero-order chi connectivity index (χ0) is 14.8. The Kier molecular flexibility index (Phi) is 4.35. The monoisotopic (exact) mass is 316 g/mol. The number of hydrogen-bond acceptors (Lipinski definition) is 4. The molecule has 4 heterocycles. The fourth-order valence-electron chi connectivity index (χ4n) is 3.71. The Hall–Kier alpha value is -1.07. The third-order valence-electron chi connectivity index (χ3n) is 4.87. The van der Waals surface area contributed by atoms with Gasteiger partial charge in [-0.3, -0.25) is 0 Å². The lowest BCUT2D eigenvalue weighted by molar-refractivity contribution is 0.465. The molecule has 0 saturated carbocycles. The van der Waals surface area contributed by atoms with E-state index in [0.29, 0.717) is 6.04 Å². The molecular weight excluding hydrogens is 292 g/mol. The first-order valence-electron chi connectivity index (χ1n) is 8.51. The molecule has 0 aliphatic carbocycles. The van der Waals surface area contributed by atoms with Gasteiger partial charge in [-0.1, -0.05) is 0 Å². The summed E-state index contributed by atoms with van der Waals surface area (Å²) in [5.74, 6) is 4.65. The second-order valence-electron chi connectivity index (χ2n) is 6.57. The van der Waals surface area contributed by atoms with Crippen LogP contribution in [0.25, 0.3) is 11.2 Å². The van der Waals surface area contributed by atoms with Crippen molar-refractivity contribution < 1.29 is 0 Å². The van der Waals surface area contributed by atoms with Gasteiger partial charge in [0.05, 0.1) is 0 Å². The number of aromatic nitrogens is 3. The van der Waals surface area contributed by atoms with Gasteiger partial charge in [0.25, 0.3) is 0 Å². The van der Waals surface area contributed by atoms with E-state index in [2.05, 4.69) is 32.7 Å². The Morgan fingerprint density at radius 2 is 2.32 bits per heavy atom. The minimum absolute atomic E-state index is 0.582. The van der Waals surface area contributed by atoms with Crippen LogP contribution in [0.3, 0.4) is 0 Å². The standard InChI is InChI=1S/C17H24N4S/c1-5-14(18-7-1)11-21-16(10-13-4-3-9-22-12-13)20-15-6-2-8-19-17(15)21/h2,6,8,13-14,18H,1,3-5,7,9-12H2. The van der Waals surface area contributed by atoms with Crippen LogP contribution in [0, 0.1) is 5.92 Å². The lowest BCUT2D eigenvalue weighted by Gasteiger charge is -2.22. The molecule has 1 N–H and O–H groups in total. The molecule has 118 valence electrons. The molecule has 2 aliphatic heterocycles. The van der Waals surface area contributed by atoms with E-state index < -0.39 is 0 Å². The van der Waals surface area contributed by atoms with Crippen LogP contribution in [0.4, 0.5) is 0 Å². The molecule has 0 spiro atoms. The first-order chi connectivity index (χ1) is 10.9. The molecule has 5 heteroatoms. The molecule has 22 heavy (non-hydrogen) atoms. The molecule has 2 aromatic rings. The van der Waals surface area contributed by atoms with Gasteiger partial charge in [0, 0.05) is 25.2 Å². The molecule has 4 rings (SSSR count). The molecule has 2 atom stereocenters. The SMILES string of the molecule is c1cnc2c(c1)nc(CC1CCCSC1)n2CC1CCCN1. The zero-order valence-electron chi connectivity index (χ0n) is 13.0. The maximum atomic E-state index is 4.91. The molecule has 0 radical (unpaired) electrons. The van der Waals surface area contributed by atoms with Gasteiger partial charge in [-0.25, -0.2) is 9.97 Å². The highest BCUT2D eigenvalue weighted by Gasteiger charge is 2.22. The van der Waals surface area contributed by atoms with Crippen LogP contribution in [0.2, 0.25) is 0 Å². The highest BCUT2D eigenvalue weighted by atomic mass is 32.2. The number of rotatable bonds is 4. The molecule has 2 saturated heterocycles. The van der Waals surface area contributed by atoms with Crippen LogP contribution in [0.1, 0.15) is 31.5 Å². The van der Waals surface area contributed by atoms with E-state index in [-0.39, 0.29) is 0 Å². The fourth-order valence-corrected chi connectivity index (χ4v) is 4.87. The Labute approximate surface area is 136 Å². The summed E-state index contributed by atoms with van der Waals surface area (Å²) in [6.45, 7) is 2.17. The van der Waals surface area contributed by atoms with Crippen LogP contribution >= 0.6 is 11.8 Å². The van der Waals surface area contributed by atoms with Crippen molar-refractivity contribution in [1.82, 2.24) is 19.9 Å². The minimum atomic E-state index is 0.582. The number of nitrogens with one attached hydrogen (secondary N) is 1. The Balaban J connectivity index is 1.62. The molecule has 2 aromatic heterocycles. The predicted molar refractivity (Wildman–Crippen MR) is 92.3 cm³/mol. The van der Waals surface area contributed by atoms with Crippen LogP contribution in [-0.4, -0.2) is 38.6 Å². The molecule has 4 nitrogen and oxygen atoms in total. The predicted octanol–water partition coefficient (Wildman–Crippen LogP) is 2.87. The van der Waals surface area contributed by atoms with Crippen LogP contribution in [0.15, 0.2) is 18.3 Å². The van der Waals surface area contributed by atoms with Crippen molar-refractivity contribution in [3.63, 3.8) is 0 Å². The summed E-state index contributed by atoms with van der Waals surface area (Å²) in [7, 11) is 0. The number of thioether (sulfide) groups is 1. The van der Waals surface area contributed by atoms with Gasteiger partial charge in [0.2, 0.25) is 0 Å². The molecule has 0 aromatic carbocycles. The van der Waals surface area contributed by atoms with E-state index in [1.165, 1.54) is 43.0 Å². The normalized spacial score (nSPS) is 25.8. The van der Waals surface area contributed by atoms with Gasteiger partial charge in [0.1, 0.15) is 11.3 Å². The zero-order valence-corrected chi connectivity index (χ0v) is 13.8. The highest BCUT2D eigenvalue weighted by Crippen LogP contribution is 2.27. The third-order valence-corrected chi connectivity index (χ3v) is 6.16. The van der Waals surface area contributed by atoms with E-state index in [1.54, 1.807) is 0 Å². The van der Waals surface area contributed by atoms with Gasteiger partial charge >= 0.3 is 0 Å². The summed E-state index contributed by atoms with van der Waals surface area (Å²) in [5.41, 5.74) is 2.12. The van der Waals surface area contributed by atoms with Gasteiger partial charge in [-0.05, 0) is 61.8 Å². The quantitative estimate of drug-likeness (QED) is 0.942. The fraction of sp³-hybridized carbons (Fsp3) is 0.647. The maximum Gasteiger partial charge on any atom is 0.160 e. The van der Waals surface area contributed by atoms with Crippen molar-refractivity contribution in [3.8, 4) is 0 Å². The number of nitrogens with zero attached hydrogens (tertiary/aromatic N) is 3. The summed E-state index contributed by atoms with van der Waals surface area (Å²) in [4.78, 5) is 9.52. The van der Waals surface area contributed by atoms with E-state index in [4.69, 9.17) is 4.98 Å². The molecule has 2 aliphatic rings. The van der Waals surface area contributed by atoms with Crippen molar-refractivity contribution in [2.75, 3.05) is 18.1 Å². The maximum absolute atomic E-state index is 4.91. The summed E-state index contributed by atoms with van der Waals surface area (Å²) in [6.07, 6.45) is 8.27. The Morgan fingerprint density at radius 3 is 3.14 bits per heavy atom. The summed E-state index contributed by atoms with van der Waals surface area (Å²) >= 11 is 2.10. The summed E-state index contributed by atoms with van der Waals surface area (Å²) in [5, 5.41) is 3.61. The number of hydrogen-bond donors (Lipinski definition) is 1. The van der Waals surface area contributed by atoms with Crippen LogP contribution < -0.4 is 5.32 Å². The third kappa shape index (κ3) is 3.01. The van der Waals surface area contributed by atoms with Crippen molar-refractivity contribution in [1.29, 1.82) is 0 Å². The second kappa shape index (κ2) is 6.59. The smallest absolute Gasteiger partial charge is 0.160 e. The second-order valence-corrected chi connectivity index (χ2v) is 7.72. The molecule has 0 amide bonds. The average molecular weight is 316 g/mol. The van der Waals surface area contributed by atoms with Crippen molar-refractivity contribution in [2.45, 2.75) is 44.7 Å². The van der Waals surface area contributed by atoms with Crippen molar-refractivity contribution in [3.05, 3.63) is 24.2 Å². The Bertz CT molecular complexity index is 627. The first kappa shape index (κ1) is 14.5. The number of fused-ring (bicyclic) bond motifs is 1. The topological polar surface area (TPSA) is 42.7 Å². The van der Waals surface area contributed by atoms with Crippen molar-refractivity contribution >= 4 is 22.9 Å². The van der Waals surface area contributed by atoms with Crippen LogP contribution in [0.5, 0.6) is 0 Å². The van der Waals surface area contributed by atoms with E-state index in [1.807, 2.05) is 12.3 Å². The van der Waals surface area contributed by atoms with Gasteiger partial charge in [-0.2, -0.15) is 11.8 Å². The first-order valence-corrected chi connectivity index (χ1v) is 9.67. The summed E-state index contributed by atoms with van der Waals surface area (Å²) in [6, 6.07) is 4.67.